The molecule has 4 aliphatic rings. The van der Waals surface area contributed by atoms with Crippen LogP contribution >= 0.6 is 0 Å². The number of nitrogens with one attached hydrogen (secondary N) is 2. The Labute approximate surface area is 291 Å². The van der Waals surface area contributed by atoms with Gasteiger partial charge in [-0.05, 0) is 55.4 Å². The minimum Gasteiger partial charge on any atom is -0.396 e. The first kappa shape index (κ1) is 34.4. The summed E-state index contributed by atoms with van der Waals surface area (Å²) < 4.78 is 25.1. The van der Waals surface area contributed by atoms with Crippen molar-refractivity contribution >= 4 is 43.2 Å². The van der Waals surface area contributed by atoms with Crippen molar-refractivity contribution in [2.45, 2.75) is 63.2 Å². The Morgan fingerprint density at radius 2 is 1.72 bits per heavy atom. The molecule has 1 spiro atoms. The number of hydrogen-bond acceptors (Lipinski definition) is 9. The number of hydrogen-bond donors (Lipinski definition) is 3. The molecule has 50 heavy (non-hydrogen) atoms. The molecule has 266 valence electrons. The highest BCUT2D eigenvalue weighted by Crippen LogP contribution is 2.60. The molecule has 3 amide bonds. The van der Waals surface area contributed by atoms with Crippen molar-refractivity contribution in [1.82, 2.24) is 25.6 Å². The number of ether oxygens (including phenoxy) is 1. The van der Waals surface area contributed by atoms with Crippen molar-refractivity contribution in [3.05, 3.63) is 65.5 Å². The highest BCUT2D eigenvalue weighted by molar-refractivity contribution is 6.72. The van der Waals surface area contributed by atoms with Crippen molar-refractivity contribution in [1.29, 1.82) is 0 Å². The molecule has 4 atom stereocenters. The van der Waals surface area contributed by atoms with Crippen molar-refractivity contribution in [2.24, 2.45) is 5.92 Å². The molecule has 7 rings (SSSR count). The van der Waals surface area contributed by atoms with Crippen molar-refractivity contribution in [3.63, 3.8) is 0 Å². The van der Waals surface area contributed by atoms with E-state index in [0.29, 0.717) is 68.2 Å². The molecule has 3 fully saturated rings. The summed E-state index contributed by atoms with van der Waals surface area (Å²) >= 11 is 0. The number of carbonyl (C=O) groups excluding carboxylic acids is 3. The fourth-order valence-corrected chi connectivity index (χ4v) is 10.9. The van der Waals surface area contributed by atoms with Gasteiger partial charge >= 0.3 is 0 Å². The molecule has 4 aliphatic heterocycles. The molecule has 1 aromatic heterocycles. The number of halogens is 1. The smallest absolute Gasteiger partial charge is 0.264 e. The van der Waals surface area contributed by atoms with Gasteiger partial charge in [0, 0.05) is 80.3 Å². The van der Waals surface area contributed by atoms with Gasteiger partial charge in [0.15, 0.2) is 5.60 Å². The number of aliphatic hydroxyl groups is 1. The Balaban J connectivity index is 1.26. The van der Waals surface area contributed by atoms with Crippen LogP contribution in [0.4, 0.5) is 21.2 Å². The zero-order chi connectivity index (χ0) is 35.2. The second-order valence-corrected chi connectivity index (χ2v) is 18.0. The SMILES string of the molecule is C[C@@H]1[C@@H]([Si](C)(C)F)[C@H](CCn2cc(CCO)nn2)O[C@@]12C(=O)N(Cc1cccc(N3CCNCC3=O)c1)c1ccc(N3CCNCC3=O)cc12. The lowest BCUT2D eigenvalue weighted by atomic mass is 9.82. The minimum atomic E-state index is -3.42. The standard InChI is InChI=1S/C35H45FN8O5Si/c1-23-33(50(2,3)36)30(9-13-41-22-25(10-16-45)39-40-41)49-35(23)28-18-27(43-15-12-38-20-32(43)47)7-8-29(28)44(34(35)48)21-24-5-4-6-26(17-24)42-14-11-37-19-31(42)46/h4-8,17-18,22-23,30,33,37-38,45H,9-16,19-21H2,1-3H3/t23-,30+,33-,35+/m1/s1. The van der Waals surface area contributed by atoms with E-state index in [9.17, 15) is 14.7 Å². The lowest BCUT2D eigenvalue weighted by Crippen LogP contribution is -2.48. The summed E-state index contributed by atoms with van der Waals surface area (Å²) in [6.45, 7) is 8.75. The molecule has 0 saturated carbocycles. The number of aliphatic hydroxyl groups excluding tert-OH is 1. The number of rotatable bonds is 10. The molecular formula is C35H45FN8O5Si. The van der Waals surface area contributed by atoms with Crippen molar-refractivity contribution in [3.8, 4) is 0 Å². The summed E-state index contributed by atoms with van der Waals surface area (Å²) in [6, 6.07) is 13.3. The summed E-state index contributed by atoms with van der Waals surface area (Å²) in [5.41, 5.74) is 2.29. The molecule has 2 aromatic carbocycles. The number of nitrogens with zero attached hydrogens (tertiary/aromatic N) is 6. The quantitative estimate of drug-likeness (QED) is 0.214. The van der Waals surface area contributed by atoms with E-state index in [-0.39, 0.29) is 44.0 Å². The van der Waals surface area contributed by atoms with Crippen LogP contribution in [0.2, 0.25) is 18.6 Å². The molecule has 0 radical (unpaired) electrons. The van der Waals surface area contributed by atoms with E-state index in [4.69, 9.17) is 4.74 Å². The van der Waals surface area contributed by atoms with Gasteiger partial charge in [0.2, 0.25) is 20.2 Å². The second-order valence-electron chi connectivity index (χ2n) is 14.2. The molecule has 0 bridgehead atoms. The van der Waals surface area contributed by atoms with Crippen LogP contribution in [0.1, 0.15) is 30.2 Å². The van der Waals surface area contributed by atoms with Crippen LogP contribution in [-0.4, -0.2) is 98.2 Å². The highest BCUT2D eigenvalue weighted by atomic mass is 28.4. The predicted octanol–water partition coefficient (Wildman–Crippen LogP) is 2.10. The van der Waals surface area contributed by atoms with Gasteiger partial charge in [0.25, 0.3) is 5.91 Å². The largest absolute Gasteiger partial charge is 0.396 e. The van der Waals surface area contributed by atoms with Gasteiger partial charge in [0.1, 0.15) is 0 Å². The van der Waals surface area contributed by atoms with Crippen LogP contribution in [0.25, 0.3) is 0 Å². The number of aromatic nitrogens is 3. The first-order valence-corrected chi connectivity index (χ1v) is 20.4. The number of anilines is 3. The van der Waals surface area contributed by atoms with Crippen LogP contribution in [0, 0.1) is 5.92 Å². The van der Waals surface area contributed by atoms with Gasteiger partial charge in [-0.15, -0.1) is 5.10 Å². The van der Waals surface area contributed by atoms with Crippen LogP contribution in [0.5, 0.6) is 0 Å². The maximum Gasteiger partial charge on any atom is 0.264 e. The Hall–Kier alpha value is -4.02. The summed E-state index contributed by atoms with van der Waals surface area (Å²) in [7, 11) is -3.42. The normalized spacial score (nSPS) is 25.7. The Morgan fingerprint density at radius 1 is 1.02 bits per heavy atom. The molecule has 3 N–H and O–H groups in total. The van der Waals surface area contributed by atoms with Gasteiger partial charge in [0.05, 0.1) is 37.1 Å². The third-order valence-electron chi connectivity index (χ3n) is 10.6. The molecule has 5 heterocycles. The van der Waals surface area contributed by atoms with Gasteiger partial charge in [-0.2, -0.15) is 0 Å². The van der Waals surface area contributed by atoms with E-state index in [2.05, 4.69) is 20.9 Å². The number of benzene rings is 2. The third-order valence-corrected chi connectivity index (χ3v) is 13.1. The average Bonchev–Trinajstić information content (AvgIpc) is 3.74. The lowest BCUT2D eigenvalue weighted by Gasteiger charge is -2.32. The molecule has 3 aromatic rings. The zero-order valence-electron chi connectivity index (χ0n) is 28.8. The highest BCUT2D eigenvalue weighted by Gasteiger charge is 2.66. The first-order chi connectivity index (χ1) is 24.0. The lowest BCUT2D eigenvalue weighted by molar-refractivity contribution is -0.146. The van der Waals surface area contributed by atoms with Crippen LogP contribution in [0.15, 0.2) is 48.7 Å². The molecule has 0 unspecified atom stereocenters. The molecular weight excluding hydrogens is 660 g/mol. The number of aryl methyl sites for hydroxylation is 1. The summed E-state index contributed by atoms with van der Waals surface area (Å²) in [5, 5.41) is 23.8. The van der Waals surface area contributed by atoms with Crippen molar-refractivity contribution in [2.75, 3.05) is 60.6 Å². The minimum absolute atomic E-state index is 0.0104. The van der Waals surface area contributed by atoms with Crippen LogP contribution in [0.3, 0.4) is 0 Å². The second kappa shape index (κ2) is 13.6. The van der Waals surface area contributed by atoms with E-state index in [1.807, 2.05) is 49.4 Å². The molecule has 0 aliphatic carbocycles. The number of carbonyl (C=O) groups is 3. The van der Waals surface area contributed by atoms with Gasteiger partial charge in [-0.3, -0.25) is 19.1 Å². The monoisotopic (exact) mass is 704 g/mol. The Morgan fingerprint density at radius 3 is 2.38 bits per heavy atom. The molecule has 13 nitrogen and oxygen atoms in total. The molecule has 3 saturated heterocycles. The number of amides is 3. The van der Waals surface area contributed by atoms with Crippen LogP contribution < -0.4 is 25.3 Å². The average molecular weight is 705 g/mol. The van der Waals surface area contributed by atoms with Gasteiger partial charge in [-0.1, -0.05) is 24.3 Å². The van der Waals surface area contributed by atoms with Gasteiger partial charge < -0.3 is 39.3 Å². The maximum atomic E-state index is 16.5. The Bertz CT molecular complexity index is 1780. The van der Waals surface area contributed by atoms with Crippen molar-refractivity contribution < 1.29 is 28.3 Å². The van der Waals surface area contributed by atoms with E-state index >= 15 is 8.90 Å². The summed E-state index contributed by atoms with van der Waals surface area (Å²) in [6.07, 6.45) is 2.00. The van der Waals surface area contributed by atoms with Crippen LogP contribution in [-0.2, 0) is 44.2 Å². The topological polar surface area (TPSA) is 145 Å². The summed E-state index contributed by atoms with van der Waals surface area (Å²) in [4.78, 5) is 45.9. The first-order valence-electron chi connectivity index (χ1n) is 17.5. The maximum absolute atomic E-state index is 16.5. The molecule has 15 heteroatoms. The number of piperazine rings is 2. The third kappa shape index (κ3) is 6.14. The Kier molecular flexibility index (Phi) is 9.36. The van der Waals surface area contributed by atoms with Gasteiger partial charge in [-0.25, -0.2) is 0 Å². The summed E-state index contributed by atoms with van der Waals surface area (Å²) in [5.74, 6) is -0.838. The fourth-order valence-electron chi connectivity index (χ4n) is 8.33. The van der Waals surface area contributed by atoms with E-state index in [1.54, 1.807) is 38.7 Å². The van der Waals surface area contributed by atoms with E-state index < -0.39 is 31.6 Å². The predicted molar refractivity (Wildman–Crippen MR) is 188 cm³/mol. The number of fused-ring (bicyclic) bond motifs is 2. The fraction of sp³-hybridized carbons (Fsp3) is 0.514. The van der Waals surface area contributed by atoms with E-state index in [1.165, 1.54) is 0 Å². The van der Waals surface area contributed by atoms with E-state index in [0.717, 1.165) is 11.3 Å². The zero-order valence-corrected chi connectivity index (χ0v) is 29.8.